The second-order valence-corrected chi connectivity index (χ2v) is 3.48. The molecular weight excluding hydrogens is 228 g/mol. The van der Waals surface area contributed by atoms with Crippen molar-refractivity contribution >= 4 is 17.7 Å². The van der Waals surface area contributed by atoms with E-state index in [1.807, 2.05) is 0 Å². The Bertz CT molecular complexity index is 409. The van der Waals surface area contributed by atoms with Gasteiger partial charge in [0.1, 0.15) is 0 Å². The van der Waals surface area contributed by atoms with Crippen LogP contribution in [0.3, 0.4) is 0 Å². The minimum Gasteiger partial charge on any atom is -0.480 e. The van der Waals surface area contributed by atoms with Gasteiger partial charge in [-0.1, -0.05) is 0 Å². The second kappa shape index (κ2) is 5.30. The Morgan fingerprint density at radius 3 is 2.53 bits per heavy atom. The maximum absolute atomic E-state index is 11.5. The third-order valence-electron chi connectivity index (χ3n) is 2.15. The molecule has 8 heteroatoms. The molecule has 17 heavy (non-hydrogen) atoms. The number of carbonyl (C=O) groups is 2. The number of amides is 2. The summed E-state index contributed by atoms with van der Waals surface area (Å²) < 4.78 is 0. The van der Waals surface area contributed by atoms with Crippen LogP contribution in [0, 0.1) is 13.8 Å². The molecule has 8 nitrogen and oxygen atoms in total. The fourth-order valence-corrected chi connectivity index (χ4v) is 1.23. The van der Waals surface area contributed by atoms with Gasteiger partial charge in [0.2, 0.25) is 0 Å². The number of aromatic nitrogens is 2. The number of carboxylic acids is 1. The number of aromatic amines is 1. The summed E-state index contributed by atoms with van der Waals surface area (Å²) in [6.07, 6.45) is 0. The molecule has 1 heterocycles. The standard InChI is InChI=1S/C9H14N4O4/c1-4-7(5(2)13-12-4)11-9(17)10-6(3-14)8(15)16/h6,14H,3H2,1-2H3,(H,12,13)(H,15,16)(H2,10,11,17)/t6-/m0/s1. The lowest BCUT2D eigenvalue weighted by molar-refractivity contribution is -0.140. The summed E-state index contributed by atoms with van der Waals surface area (Å²) in [6.45, 7) is 2.74. The smallest absolute Gasteiger partial charge is 0.328 e. The van der Waals surface area contributed by atoms with Gasteiger partial charge in [0.25, 0.3) is 0 Å². The van der Waals surface area contributed by atoms with E-state index in [0.717, 1.165) is 0 Å². The molecule has 0 aromatic carbocycles. The van der Waals surface area contributed by atoms with E-state index in [9.17, 15) is 9.59 Å². The lowest BCUT2D eigenvalue weighted by Gasteiger charge is -2.12. The molecule has 0 fully saturated rings. The summed E-state index contributed by atoms with van der Waals surface area (Å²) >= 11 is 0. The van der Waals surface area contributed by atoms with Gasteiger partial charge in [-0.3, -0.25) is 5.10 Å². The van der Waals surface area contributed by atoms with Gasteiger partial charge in [0, 0.05) is 0 Å². The monoisotopic (exact) mass is 242 g/mol. The first-order chi connectivity index (χ1) is 7.95. The van der Waals surface area contributed by atoms with Crippen LogP contribution < -0.4 is 10.6 Å². The van der Waals surface area contributed by atoms with Crippen LogP contribution in [0.2, 0.25) is 0 Å². The topological polar surface area (TPSA) is 127 Å². The molecule has 1 aromatic heterocycles. The van der Waals surface area contributed by atoms with Gasteiger partial charge in [-0.2, -0.15) is 5.10 Å². The van der Waals surface area contributed by atoms with Crippen molar-refractivity contribution in [2.24, 2.45) is 0 Å². The number of hydrogen-bond donors (Lipinski definition) is 5. The Morgan fingerprint density at radius 2 is 2.12 bits per heavy atom. The Hall–Kier alpha value is -2.09. The zero-order valence-corrected chi connectivity index (χ0v) is 9.44. The molecule has 5 N–H and O–H groups in total. The van der Waals surface area contributed by atoms with E-state index in [0.29, 0.717) is 17.1 Å². The number of nitrogens with zero attached hydrogens (tertiary/aromatic N) is 1. The maximum Gasteiger partial charge on any atom is 0.328 e. The van der Waals surface area contributed by atoms with Crippen LogP contribution in [0.4, 0.5) is 10.5 Å². The highest BCUT2D eigenvalue weighted by Crippen LogP contribution is 2.15. The van der Waals surface area contributed by atoms with Crippen LogP contribution in [-0.2, 0) is 4.79 Å². The van der Waals surface area contributed by atoms with Crippen molar-refractivity contribution in [3.05, 3.63) is 11.4 Å². The normalized spacial score (nSPS) is 11.9. The van der Waals surface area contributed by atoms with Crippen molar-refractivity contribution in [1.29, 1.82) is 0 Å². The molecule has 0 bridgehead atoms. The molecule has 0 aliphatic rings. The summed E-state index contributed by atoms with van der Waals surface area (Å²) in [5, 5.41) is 28.5. The highest BCUT2D eigenvalue weighted by molar-refractivity contribution is 5.93. The van der Waals surface area contributed by atoms with E-state index >= 15 is 0 Å². The van der Waals surface area contributed by atoms with Crippen LogP contribution >= 0.6 is 0 Å². The number of hydrogen-bond acceptors (Lipinski definition) is 4. The molecule has 1 atom stereocenters. The minimum atomic E-state index is -1.33. The second-order valence-electron chi connectivity index (χ2n) is 3.48. The number of carboxylic acid groups (broad SMARTS) is 1. The molecule has 0 unspecified atom stereocenters. The van der Waals surface area contributed by atoms with E-state index in [4.69, 9.17) is 10.2 Å². The van der Waals surface area contributed by atoms with E-state index in [-0.39, 0.29) is 0 Å². The lowest BCUT2D eigenvalue weighted by Crippen LogP contribution is -2.45. The third-order valence-corrected chi connectivity index (χ3v) is 2.15. The molecule has 1 rings (SSSR count). The number of anilines is 1. The predicted molar refractivity (Wildman–Crippen MR) is 58.7 cm³/mol. The van der Waals surface area contributed by atoms with Gasteiger partial charge in [-0.25, -0.2) is 9.59 Å². The van der Waals surface area contributed by atoms with Crippen LogP contribution in [0.5, 0.6) is 0 Å². The molecule has 0 saturated carbocycles. The summed E-state index contributed by atoms with van der Waals surface area (Å²) in [5.41, 5.74) is 1.74. The summed E-state index contributed by atoms with van der Waals surface area (Å²) in [6, 6.07) is -2.04. The molecule has 0 saturated heterocycles. The van der Waals surface area contributed by atoms with E-state index < -0.39 is 24.6 Å². The van der Waals surface area contributed by atoms with Crippen LogP contribution in [0.15, 0.2) is 0 Å². The largest absolute Gasteiger partial charge is 0.480 e. The van der Waals surface area contributed by atoms with Crippen molar-refractivity contribution in [2.45, 2.75) is 19.9 Å². The molecular formula is C9H14N4O4. The van der Waals surface area contributed by atoms with Gasteiger partial charge in [0.15, 0.2) is 6.04 Å². The average Bonchev–Trinajstić information content (AvgIpc) is 2.57. The predicted octanol–water partition coefficient (Wildman–Crippen LogP) is -0.406. The van der Waals surface area contributed by atoms with Crippen molar-refractivity contribution in [3.63, 3.8) is 0 Å². The number of urea groups is 1. The molecule has 2 amide bonds. The number of H-pyrrole nitrogens is 1. The molecule has 0 aliphatic heterocycles. The Balaban J connectivity index is 2.64. The number of aryl methyl sites for hydroxylation is 2. The zero-order valence-electron chi connectivity index (χ0n) is 9.44. The summed E-state index contributed by atoms with van der Waals surface area (Å²) in [4.78, 5) is 22.0. The van der Waals surface area contributed by atoms with Crippen LogP contribution in [0.1, 0.15) is 11.4 Å². The van der Waals surface area contributed by atoms with Crippen LogP contribution in [-0.4, -0.2) is 45.1 Å². The third kappa shape index (κ3) is 3.18. The van der Waals surface area contributed by atoms with Gasteiger partial charge in [-0.15, -0.1) is 0 Å². The van der Waals surface area contributed by atoms with E-state index in [1.54, 1.807) is 13.8 Å². The molecule has 0 aliphatic carbocycles. The van der Waals surface area contributed by atoms with Crippen LogP contribution in [0.25, 0.3) is 0 Å². The lowest BCUT2D eigenvalue weighted by atomic mass is 10.3. The number of aliphatic hydroxyl groups is 1. The van der Waals surface area contributed by atoms with Crippen molar-refractivity contribution in [3.8, 4) is 0 Å². The van der Waals surface area contributed by atoms with Gasteiger partial charge in [-0.05, 0) is 13.8 Å². The fourth-order valence-electron chi connectivity index (χ4n) is 1.23. The van der Waals surface area contributed by atoms with Gasteiger partial charge >= 0.3 is 12.0 Å². The van der Waals surface area contributed by atoms with Gasteiger partial charge in [0.05, 0.1) is 23.7 Å². The zero-order chi connectivity index (χ0) is 13.0. The maximum atomic E-state index is 11.5. The summed E-state index contributed by atoms with van der Waals surface area (Å²) in [5.74, 6) is -1.30. The van der Waals surface area contributed by atoms with Crippen molar-refractivity contribution < 1.29 is 19.8 Å². The van der Waals surface area contributed by atoms with Crippen molar-refractivity contribution in [1.82, 2.24) is 15.5 Å². The van der Waals surface area contributed by atoms with E-state index in [2.05, 4.69) is 20.8 Å². The Labute approximate surface area is 97.0 Å². The number of aliphatic carboxylic acids is 1. The number of nitrogens with one attached hydrogen (secondary N) is 3. The number of aliphatic hydroxyl groups excluding tert-OH is 1. The average molecular weight is 242 g/mol. The Kier molecular flexibility index (Phi) is 4.05. The minimum absolute atomic E-state index is 0.490. The van der Waals surface area contributed by atoms with Crippen molar-refractivity contribution in [2.75, 3.05) is 11.9 Å². The molecule has 94 valence electrons. The highest BCUT2D eigenvalue weighted by Gasteiger charge is 2.19. The highest BCUT2D eigenvalue weighted by atomic mass is 16.4. The number of carbonyl (C=O) groups excluding carboxylic acids is 1. The first-order valence-electron chi connectivity index (χ1n) is 4.88. The summed E-state index contributed by atoms with van der Waals surface area (Å²) in [7, 11) is 0. The molecule has 0 radical (unpaired) electrons. The quantitative estimate of drug-likeness (QED) is 0.490. The SMILES string of the molecule is Cc1n[nH]c(C)c1NC(=O)N[C@@H](CO)C(=O)O. The van der Waals surface area contributed by atoms with Gasteiger partial charge < -0.3 is 20.8 Å². The fraction of sp³-hybridized carbons (Fsp3) is 0.444. The molecule has 0 spiro atoms. The first-order valence-corrected chi connectivity index (χ1v) is 4.88. The first kappa shape index (κ1) is 13.0. The molecule has 1 aromatic rings. The van der Waals surface area contributed by atoms with E-state index in [1.165, 1.54) is 0 Å². The Morgan fingerprint density at radius 1 is 1.47 bits per heavy atom. The number of rotatable bonds is 4.